The summed E-state index contributed by atoms with van der Waals surface area (Å²) in [6.07, 6.45) is 0. The van der Waals surface area contributed by atoms with E-state index in [1.807, 2.05) is 0 Å². The van der Waals surface area contributed by atoms with Crippen LogP contribution in [0.1, 0.15) is 20.8 Å². The van der Waals surface area contributed by atoms with E-state index in [0.717, 1.165) is 0 Å². The fraction of sp³-hybridized carbons (Fsp3) is 0.500. The van der Waals surface area contributed by atoms with Gasteiger partial charge in [-0.05, 0) is 26.3 Å². The van der Waals surface area contributed by atoms with Gasteiger partial charge in [-0.1, -0.05) is 0 Å². The number of cyclic esters (lactones) is 1. The Bertz CT molecular complexity index is 289. The van der Waals surface area contributed by atoms with Gasteiger partial charge in [0, 0.05) is 0 Å². The molecule has 1 amide bonds. The van der Waals surface area contributed by atoms with E-state index in [0.29, 0.717) is 5.57 Å². The average Bonchev–Trinajstić information content (AvgIpc) is 2.02. The van der Waals surface area contributed by atoms with Gasteiger partial charge >= 0.3 is 5.97 Å². The molecule has 0 atom stereocenters. The Morgan fingerprint density at radius 1 is 1.50 bits per heavy atom. The molecule has 1 aliphatic heterocycles. The predicted octanol–water partition coefficient (Wildman–Crippen LogP) is 0.124. The standard InChI is InChI=1S/C8H11NO3/c1-4-5(6(9)10)7(11)12-8(4,2)3/h1-3H3,(H2,9,10). The number of rotatable bonds is 1. The molecule has 1 rings (SSSR count). The van der Waals surface area contributed by atoms with Crippen LogP contribution in [0.5, 0.6) is 0 Å². The quantitative estimate of drug-likeness (QED) is 0.448. The second kappa shape index (κ2) is 2.33. The third-order valence-corrected chi connectivity index (χ3v) is 2.08. The van der Waals surface area contributed by atoms with Crippen molar-refractivity contribution in [1.82, 2.24) is 0 Å². The number of esters is 1. The van der Waals surface area contributed by atoms with Crippen LogP contribution in [0.3, 0.4) is 0 Å². The number of hydrogen-bond donors (Lipinski definition) is 1. The van der Waals surface area contributed by atoms with Crippen LogP contribution < -0.4 is 5.73 Å². The molecular weight excluding hydrogens is 158 g/mol. The smallest absolute Gasteiger partial charge is 0.344 e. The summed E-state index contributed by atoms with van der Waals surface area (Å²) in [6.45, 7) is 5.11. The van der Waals surface area contributed by atoms with Gasteiger partial charge < -0.3 is 10.5 Å². The van der Waals surface area contributed by atoms with Gasteiger partial charge in [0.1, 0.15) is 11.2 Å². The van der Waals surface area contributed by atoms with Crippen molar-refractivity contribution in [3.8, 4) is 0 Å². The van der Waals surface area contributed by atoms with Crippen LogP contribution in [-0.4, -0.2) is 17.5 Å². The highest BCUT2D eigenvalue weighted by atomic mass is 16.6. The van der Waals surface area contributed by atoms with Crippen LogP contribution >= 0.6 is 0 Å². The highest BCUT2D eigenvalue weighted by Gasteiger charge is 2.39. The minimum absolute atomic E-state index is 0.0139. The Morgan fingerprint density at radius 3 is 2.17 bits per heavy atom. The Kier molecular flexibility index (Phi) is 1.71. The molecule has 12 heavy (non-hydrogen) atoms. The summed E-state index contributed by atoms with van der Waals surface area (Å²) in [5.74, 6) is -1.34. The first-order chi connectivity index (χ1) is 5.36. The molecule has 1 aliphatic rings. The van der Waals surface area contributed by atoms with E-state index in [1.54, 1.807) is 20.8 Å². The van der Waals surface area contributed by atoms with Crippen molar-refractivity contribution in [1.29, 1.82) is 0 Å². The lowest BCUT2D eigenvalue weighted by atomic mass is 9.97. The SMILES string of the molecule is CC1=C(C(N)=O)C(=O)OC1(C)C. The first kappa shape index (κ1) is 8.77. The van der Waals surface area contributed by atoms with Crippen LogP contribution in [0.15, 0.2) is 11.1 Å². The summed E-state index contributed by atoms with van der Waals surface area (Å²) in [6, 6.07) is 0. The summed E-state index contributed by atoms with van der Waals surface area (Å²) >= 11 is 0. The van der Waals surface area contributed by atoms with Crippen molar-refractivity contribution >= 4 is 11.9 Å². The summed E-state index contributed by atoms with van der Waals surface area (Å²) in [5, 5.41) is 0. The second-order valence-electron chi connectivity index (χ2n) is 3.26. The summed E-state index contributed by atoms with van der Waals surface area (Å²) in [5.41, 5.74) is 4.89. The molecule has 0 fully saturated rings. The fourth-order valence-corrected chi connectivity index (χ4v) is 1.10. The maximum absolute atomic E-state index is 11.1. The molecule has 1 heterocycles. The van der Waals surface area contributed by atoms with Crippen LogP contribution in [0, 0.1) is 0 Å². The zero-order valence-corrected chi connectivity index (χ0v) is 7.30. The third kappa shape index (κ3) is 1.09. The van der Waals surface area contributed by atoms with Gasteiger partial charge in [0.15, 0.2) is 0 Å². The number of ether oxygens (including phenoxy) is 1. The monoisotopic (exact) mass is 169 g/mol. The Labute approximate surface area is 70.4 Å². The molecule has 0 unspecified atom stereocenters. The Morgan fingerprint density at radius 2 is 2.00 bits per heavy atom. The zero-order chi connectivity index (χ0) is 9.52. The first-order valence-electron chi connectivity index (χ1n) is 3.61. The van der Waals surface area contributed by atoms with Crippen molar-refractivity contribution in [2.45, 2.75) is 26.4 Å². The van der Waals surface area contributed by atoms with E-state index in [4.69, 9.17) is 10.5 Å². The summed E-state index contributed by atoms with van der Waals surface area (Å²) in [4.78, 5) is 21.8. The molecule has 0 spiro atoms. The van der Waals surface area contributed by atoms with Crippen molar-refractivity contribution < 1.29 is 14.3 Å². The normalized spacial score (nSPS) is 21.1. The molecule has 66 valence electrons. The average molecular weight is 169 g/mol. The summed E-state index contributed by atoms with van der Waals surface area (Å²) < 4.78 is 4.92. The van der Waals surface area contributed by atoms with E-state index >= 15 is 0 Å². The largest absolute Gasteiger partial charge is 0.451 e. The molecule has 0 aromatic rings. The van der Waals surface area contributed by atoms with Crippen LogP contribution in [-0.2, 0) is 14.3 Å². The second-order valence-corrected chi connectivity index (χ2v) is 3.26. The maximum Gasteiger partial charge on any atom is 0.344 e. The van der Waals surface area contributed by atoms with E-state index < -0.39 is 17.5 Å². The Hall–Kier alpha value is -1.32. The molecule has 0 saturated carbocycles. The lowest BCUT2D eigenvalue weighted by molar-refractivity contribution is -0.145. The van der Waals surface area contributed by atoms with Crippen LogP contribution in [0.25, 0.3) is 0 Å². The fourth-order valence-electron chi connectivity index (χ4n) is 1.10. The van der Waals surface area contributed by atoms with Crippen LogP contribution in [0.4, 0.5) is 0 Å². The number of primary amides is 1. The van der Waals surface area contributed by atoms with Gasteiger partial charge in [-0.25, -0.2) is 4.79 Å². The molecule has 0 bridgehead atoms. The van der Waals surface area contributed by atoms with Crippen LogP contribution in [0.2, 0.25) is 0 Å². The number of amides is 1. The molecule has 4 heteroatoms. The number of nitrogens with two attached hydrogens (primary N) is 1. The molecule has 0 saturated heterocycles. The maximum atomic E-state index is 11.1. The van der Waals surface area contributed by atoms with E-state index in [-0.39, 0.29) is 5.57 Å². The van der Waals surface area contributed by atoms with Gasteiger partial charge in [0.05, 0.1) is 0 Å². The molecule has 4 nitrogen and oxygen atoms in total. The molecule has 0 aliphatic carbocycles. The third-order valence-electron chi connectivity index (χ3n) is 2.08. The van der Waals surface area contributed by atoms with Gasteiger partial charge in [-0.15, -0.1) is 0 Å². The molecular formula is C8H11NO3. The van der Waals surface area contributed by atoms with Crippen molar-refractivity contribution in [2.75, 3.05) is 0 Å². The van der Waals surface area contributed by atoms with Crippen molar-refractivity contribution in [3.63, 3.8) is 0 Å². The van der Waals surface area contributed by atoms with E-state index in [9.17, 15) is 9.59 Å². The topological polar surface area (TPSA) is 69.4 Å². The molecule has 0 aromatic heterocycles. The first-order valence-corrected chi connectivity index (χ1v) is 3.61. The zero-order valence-electron chi connectivity index (χ0n) is 7.30. The van der Waals surface area contributed by atoms with Gasteiger partial charge in [-0.2, -0.15) is 0 Å². The lowest BCUT2D eigenvalue weighted by Crippen LogP contribution is -2.21. The molecule has 2 N–H and O–H groups in total. The minimum Gasteiger partial charge on any atom is -0.451 e. The van der Waals surface area contributed by atoms with Crippen molar-refractivity contribution in [2.24, 2.45) is 5.73 Å². The van der Waals surface area contributed by atoms with Crippen molar-refractivity contribution in [3.05, 3.63) is 11.1 Å². The lowest BCUT2D eigenvalue weighted by Gasteiger charge is -2.17. The van der Waals surface area contributed by atoms with E-state index in [1.165, 1.54) is 0 Å². The molecule has 0 radical (unpaired) electrons. The summed E-state index contributed by atoms with van der Waals surface area (Å²) in [7, 11) is 0. The van der Waals surface area contributed by atoms with Gasteiger partial charge in [0.25, 0.3) is 5.91 Å². The van der Waals surface area contributed by atoms with E-state index in [2.05, 4.69) is 0 Å². The number of carbonyl (C=O) groups is 2. The predicted molar refractivity (Wildman–Crippen MR) is 42.1 cm³/mol. The van der Waals surface area contributed by atoms with Gasteiger partial charge in [0.2, 0.25) is 0 Å². The highest BCUT2D eigenvalue weighted by Crippen LogP contribution is 2.31. The van der Waals surface area contributed by atoms with Gasteiger partial charge in [-0.3, -0.25) is 4.79 Å². The number of carbonyl (C=O) groups excluding carboxylic acids is 2. The Balaban J connectivity index is 3.20. The highest BCUT2D eigenvalue weighted by molar-refractivity contribution is 6.18. The number of hydrogen-bond acceptors (Lipinski definition) is 3. The molecule has 0 aromatic carbocycles. The minimum atomic E-state index is -0.719.